The van der Waals surface area contributed by atoms with Gasteiger partial charge in [0.05, 0.1) is 7.11 Å². The van der Waals surface area contributed by atoms with Gasteiger partial charge in [-0.2, -0.15) is 4.39 Å². The van der Waals surface area contributed by atoms with Crippen LogP contribution >= 0.6 is 15.9 Å². The number of nitrogens with two attached hydrogens (primary N) is 2. The van der Waals surface area contributed by atoms with Crippen LogP contribution in [-0.4, -0.2) is 31.4 Å². The number of nitrogens with zero attached hydrogens (tertiary/aromatic N) is 1. The van der Waals surface area contributed by atoms with Crippen LogP contribution in [0.4, 0.5) is 8.78 Å². The SMILES string of the molecule is COc1c(OC2N=CC(Br)=CC2(C(N)=O)c2cccc(C(N)=O)c2)ccc(F)c1F. The third-order valence-corrected chi connectivity index (χ3v) is 5.01. The van der Waals surface area contributed by atoms with E-state index in [4.69, 9.17) is 20.9 Å². The van der Waals surface area contributed by atoms with E-state index in [0.29, 0.717) is 4.48 Å². The summed E-state index contributed by atoms with van der Waals surface area (Å²) >= 11 is 3.26. The number of hydrogen-bond acceptors (Lipinski definition) is 5. The minimum absolute atomic E-state index is 0.136. The predicted molar refractivity (Wildman–Crippen MR) is 109 cm³/mol. The summed E-state index contributed by atoms with van der Waals surface area (Å²) in [7, 11) is 1.14. The Morgan fingerprint density at radius 1 is 1.20 bits per heavy atom. The Morgan fingerprint density at radius 3 is 2.57 bits per heavy atom. The summed E-state index contributed by atoms with van der Waals surface area (Å²) in [6.45, 7) is 0. The molecule has 0 saturated carbocycles. The van der Waals surface area contributed by atoms with E-state index in [2.05, 4.69) is 20.9 Å². The van der Waals surface area contributed by atoms with Crippen LogP contribution in [0.2, 0.25) is 0 Å². The minimum atomic E-state index is -1.70. The summed E-state index contributed by atoms with van der Waals surface area (Å²) in [6.07, 6.45) is 1.51. The molecule has 1 aliphatic heterocycles. The molecule has 2 aromatic carbocycles. The Hall–Kier alpha value is -3.27. The summed E-state index contributed by atoms with van der Waals surface area (Å²) < 4.78 is 38.8. The van der Waals surface area contributed by atoms with Gasteiger partial charge in [-0.05, 0) is 51.8 Å². The van der Waals surface area contributed by atoms with Crippen molar-refractivity contribution in [3.05, 3.63) is 69.7 Å². The van der Waals surface area contributed by atoms with Crippen LogP contribution in [0.25, 0.3) is 0 Å². The quantitative estimate of drug-likeness (QED) is 0.661. The van der Waals surface area contributed by atoms with Crippen LogP contribution in [0.1, 0.15) is 15.9 Å². The maximum Gasteiger partial charge on any atom is 0.248 e. The number of rotatable bonds is 6. The van der Waals surface area contributed by atoms with Crippen molar-refractivity contribution in [2.24, 2.45) is 16.5 Å². The molecule has 0 radical (unpaired) electrons. The molecular formula is C20H16BrF2N3O4. The maximum absolute atomic E-state index is 14.1. The van der Waals surface area contributed by atoms with E-state index in [1.165, 1.54) is 30.5 Å². The van der Waals surface area contributed by atoms with Gasteiger partial charge in [0.25, 0.3) is 0 Å². The van der Waals surface area contributed by atoms with Crippen molar-refractivity contribution in [2.75, 3.05) is 7.11 Å². The second-order valence-corrected chi connectivity index (χ2v) is 7.26. The molecule has 2 atom stereocenters. The lowest BCUT2D eigenvalue weighted by atomic mass is 9.76. The third kappa shape index (κ3) is 3.65. The van der Waals surface area contributed by atoms with Gasteiger partial charge in [0, 0.05) is 16.3 Å². The highest BCUT2D eigenvalue weighted by Gasteiger charge is 2.48. The fraction of sp³-hybridized carbons (Fsp3) is 0.150. The fourth-order valence-corrected chi connectivity index (χ4v) is 3.59. The average molecular weight is 480 g/mol. The van der Waals surface area contributed by atoms with Gasteiger partial charge >= 0.3 is 0 Å². The standard InChI is InChI=1S/C20H16BrF2N3O4/c1-29-16-14(6-5-13(22)15(16)23)30-19-20(18(25)28,8-12(21)9-26-19)11-4-2-3-10(7-11)17(24)27/h2-9,19H,1H3,(H2,24,27)(H2,25,28). The van der Waals surface area contributed by atoms with Crippen molar-refractivity contribution in [3.63, 3.8) is 0 Å². The number of carbonyl (C=O) groups is 2. The molecule has 1 heterocycles. The topological polar surface area (TPSA) is 117 Å². The predicted octanol–water partition coefficient (Wildman–Crippen LogP) is 2.56. The minimum Gasteiger partial charge on any atom is -0.490 e. The zero-order chi connectivity index (χ0) is 22.1. The highest BCUT2D eigenvalue weighted by atomic mass is 79.9. The van der Waals surface area contributed by atoms with Gasteiger partial charge in [0.15, 0.2) is 22.7 Å². The molecule has 30 heavy (non-hydrogen) atoms. The number of carbonyl (C=O) groups excluding carboxylic acids is 2. The molecule has 4 N–H and O–H groups in total. The molecule has 0 aromatic heterocycles. The smallest absolute Gasteiger partial charge is 0.248 e. The lowest BCUT2D eigenvalue weighted by molar-refractivity contribution is -0.124. The van der Waals surface area contributed by atoms with Gasteiger partial charge < -0.3 is 20.9 Å². The maximum atomic E-state index is 14.1. The lowest BCUT2D eigenvalue weighted by Crippen LogP contribution is -2.52. The zero-order valence-electron chi connectivity index (χ0n) is 15.6. The highest BCUT2D eigenvalue weighted by molar-refractivity contribution is 9.12. The van der Waals surface area contributed by atoms with Crippen LogP contribution in [0, 0.1) is 11.6 Å². The monoisotopic (exact) mass is 479 g/mol. The number of ether oxygens (including phenoxy) is 2. The van der Waals surface area contributed by atoms with Crippen LogP contribution in [0.3, 0.4) is 0 Å². The van der Waals surface area contributed by atoms with Gasteiger partial charge in [-0.15, -0.1) is 0 Å². The second-order valence-electron chi connectivity index (χ2n) is 6.35. The Bertz CT molecular complexity index is 1090. The molecule has 1 aliphatic rings. The van der Waals surface area contributed by atoms with Crippen LogP contribution in [0.5, 0.6) is 11.5 Å². The molecule has 2 aromatic rings. The number of halogens is 3. The number of hydrogen-bond donors (Lipinski definition) is 2. The lowest BCUT2D eigenvalue weighted by Gasteiger charge is -2.36. The number of primary amides is 2. The van der Waals surface area contributed by atoms with Gasteiger partial charge in [-0.1, -0.05) is 12.1 Å². The molecule has 3 rings (SSSR count). The summed E-state index contributed by atoms with van der Waals surface area (Å²) in [4.78, 5) is 28.5. The Morgan fingerprint density at radius 2 is 1.93 bits per heavy atom. The van der Waals surface area contributed by atoms with Crippen molar-refractivity contribution < 1.29 is 27.8 Å². The molecule has 10 heteroatoms. The number of aliphatic imine (C=N–C) groups is 1. The highest BCUT2D eigenvalue weighted by Crippen LogP contribution is 2.40. The molecular weight excluding hydrogens is 464 g/mol. The zero-order valence-corrected chi connectivity index (χ0v) is 17.2. The van der Waals surface area contributed by atoms with Crippen LogP contribution in [-0.2, 0) is 10.2 Å². The summed E-state index contributed by atoms with van der Waals surface area (Å²) in [5.74, 6) is -4.65. The second kappa shape index (κ2) is 8.23. The fourth-order valence-electron chi connectivity index (χ4n) is 3.11. The molecule has 0 fully saturated rings. The number of amides is 2. The molecule has 7 nitrogen and oxygen atoms in total. The Balaban J connectivity index is 2.17. The summed E-state index contributed by atoms with van der Waals surface area (Å²) in [6, 6.07) is 7.93. The molecule has 2 unspecified atom stereocenters. The Kier molecular flexibility index (Phi) is 5.88. The first-order chi connectivity index (χ1) is 14.2. The van der Waals surface area contributed by atoms with E-state index in [1.54, 1.807) is 6.07 Å². The van der Waals surface area contributed by atoms with Crippen LogP contribution in [0.15, 0.2) is 51.9 Å². The first kappa shape index (κ1) is 21.4. The van der Waals surface area contributed by atoms with Crippen LogP contribution < -0.4 is 20.9 Å². The largest absolute Gasteiger partial charge is 0.490 e. The van der Waals surface area contributed by atoms with Crippen molar-refractivity contribution in [3.8, 4) is 11.5 Å². The molecule has 156 valence electrons. The van der Waals surface area contributed by atoms with Gasteiger partial charge in [-0.25, -0.2) is 9.38 Å². The molecule has 0 aliphatic carbocycles. The first-order valence-electron chi connectivity index (χ1n) is 8.51. The van der Waals surface area contributed by atoms with E-state index in [9.17, 15) is 18.4 Å². The molecule has 0 bridgehead atoms. The number of dihydropyridines is 1. The van der Waals surface area contributed by atoms with Gasteiger partial charge in [-0.3, -0.25) is 9.59 Å². The van der Waals surface area contributed by atoms with E-state index < -0.39 is 40.8 Å². The van der Waals surface area contributed by atoms with E-state index in [0.717, 1.165) is 19.2 Å². The van der Waals surface area contributed by atoms with Gasteiger partial charge in [0.2, 0.25) is 23.9 Å². The normalized spacial score (nSPS) is 20.4. The number of benzene rings is 2. The van der Waals surface area contributed by atoms with E-state index in [1.807, 2.05) is 0 Å². The number of allylic oxidation sites excluding steroid dienone is 1. The van der Waals surface area contributed by atoms with E-state index >= 15 is 0 Å². The number of methoxy groups -OCH3 is 1. The molecule has 0 spiro atoms. The van der Waals surface area contributed by atoms with Crippen molar-refractivity contribution in [1.82, 2.24) is 0 Å². The van der Waals surface area contributed by atoms with Crippen molar-refractivity contribution in [1.29, 1.82) is 0 Å². The average Bonchev–Trinajstić information content (AvgIpc) is 2.72. The van der Waals surface area contributed by atoms with Crippen molar-refractivity contribution >= 4 is 34.0 Å². The van der Waals surface area contributed by atoms with Gasteiger partial charge in [0.1, 0.15) is 0 Å². The third-order valence-electron chi connectivity index (χ3n) is 4.58. The van der Waals surface area contributed by atoms with Crippen molar-refractivity contribution in [2.45, 2.75) is 11.6 Å². The first-order valence-corrected chi connectivity index (χ1v) is 9.30. The summed E-state index contributed by atoms with van der Waals surface area (Å²) in [5, 5.41) is 0. The van der Waals surface area contributed by atoms with E-state index in [-0.39, 0.29) is 16.9 Å². The molecule has 2 amide bonds. The Labute approximate surface area is 178 Å². The molecule has 0 saturated heterocycles. The summed E-state index contributed by atoms with van der Waals surface area (Å²) in [5.41, 5.74) is 9.81.